The Balaban J connectivity index is 2.49. The first kappa shape index (κ1) is 21.8. The Hall–Kier alpha value is -1.22. The van der Waals surface area contributed by atoms with Crippen molar-refractivity contribution >= 4 is 16.8 Å². The second-order valence-corrected chi connectivity index (χ2v) is 6.80. The molecule has 0 bridgehead atoms. The summed E-state index contributed by atoms with van der Waals surface area (Å²) in [6.07, 6.45) is 11.9. The first-order valence-corrected chi connectivity index (χ1v) is 10.2. The summed E-state index contributed by atoms with van der Waals surface area (Å²) < 4.78 is 11.7. The zero-order chi connectivity index (χ0) is 18.3. The molecule has 0 unspecified atom stereocenters. The zero-order valence-corrected chi connectivity index (χ0v) is 16.6. The molecule has 3 nitrogen and oxygen atoms in total. The van der Waals surface area contributed by atoms with Gasteiger partial charge in [-0.25, -0.2) is 0 Å². The topological polar surface area (TPSA) is 35.5 Å². The highest BCUT2D eigenvalue weighted by Crippen LogP contribution is 2.29. The second kappa shape index (κ2) is 14.0. The molecule has 0 saturated carbocycles. The number of hydrogen-bond donors (Lipinski definition) is 0. The summed E-state index contributed by atoms with van der Waals surface area (Å²) in [7, 11) is 0. The number of hydrogen-bond acceptors (Lipinski definition) is 3. The molecule has 0 aliphatic rings. The maximum absolute atomic E-state index is 11.4. The molecule has 0 N–H and O–H groups in total. The van der Waals surface area contributed by atoms with E-state index in [1.165, 1.54) is 44.9 Å². The lowest BCUT2D eigenvalue weighted by molar-refractivity contribution is 0.108. The van der Waals surface area contributed by atoms with E-state index in [2.05, 4.69) is 13.8 Å². The third kappa shape index (κ3) is 9.74. The van der Waals surface area contributed by atoms with Crippen LogP contribution in [-0.4, -0.2) is 18.5 Å². The van der Waals surface area contributed by atoms with E-state index in [-0.39, 0.29) is 0 Å². The molecule has 0 aliphatic carbocycles. The van der Waals surface area contributed by atoms with Crippen molar-refractivity contribution in [1.29, 1.82) is 0 Å². The standard InChI is InChI=1S/C21H33ClO3/c1-3-5-7-9-11-15-24-19-14-13-18(21(22)23)17-20(19)25-16-12-10-8-6-4-2/h13-14,17H,3-12,15-16H2,1-2H3. The van der Waals surface area contributed by atoms with Gasteiger partial charge in [0.15, 0.2) is 11.5 Å². The van der Waals surface area contributed by atoms with Crippen molar-refractivity contribution in [1.82, 2.24) is 0 Å². The summed E-state index contributed by atoms with van der Waals surface area (Å²) in [5, 5.41) is -0.473. The van der Waals surface area contributed by atoms with E-state index in [0.29, 0.717) is 30.3 Å². The monoisotopic (exact) mass is 368 g/mol. The highest BCUT2D eigenvalue weighted by Gasteiger charge is 2.10. The van der Waals surface area contributed by atoms with Crippen molar-refractivity contribution in [2.45, 2.75) is 78.1 Å². The van der Waals surface area contributed by atoms with Crippen LogP contribution >= 0.6 is 11.6 Å². The molecule has 4 heteroatoms. The second-order valence-electron chi connectivity index (χ2n) is 6.46. The number of ether oxygens (including phenoxy) is 2. The van der Waals surface area contributed by atoms with Crippen LogP contribution in [-0.2, 0) is 0 Å². The minimum Gasteiger partial charge on any atom is -0.490 e. The molecule has 142 valence electrons. The normalized spacial score (nSPS) is 10.7. The van der Waals surface area contributed by atoms with E-state index >= 15 is 0 Å². The molecule has 1 aromatic carbocycles. The molecule has 25 heavy (non-hydrogen) atoms. The fraction of sp³-hybridized carbons (Fsp3) is 0.667. The largest absolute Gasteiger partial charge is 0.490 e. The van der Waals surface area contributed by atoms with Crippen LogP contribution in [0, 0.1) is 0 Å². The maximum Gasteiger partial charge on any atom is 0.252 e. The van der Waals surface area contributed by atoms with Crippen molar-refractivity contribution in [3.8, 4) is 11.5 Å². The Morgan fingerprint density at radius 1 is 0.800 bits per heavy atom. The summed E-state index contributed by atoms with van der Waals surface area (Å²) in [5.74, 6) is 1.32. The van der Waals surface area contributed by atoms with Crippen molar-refractivity contribution < 1.29 is 14.3 Å². The van der Waals surface area contributed by atoms with Gasteiger partial charge in [-0.2, -0.15) is 0 Å². The average molecular weight is 369 g/mol. The van der Waals surface area contributed by atoms with Crippen LogP contribution < -0.4 is 9.47 Å². The Kier molecular flexibility index (Phi) is 12.2. The van der Waals surface area contributed by atoms with Crippen molar-refractivity contribution in [2.24, 2.45) is 0 Å². The number of rotatable bonds is 15. The van der Waals surface area contributed by atoms with Crippen LogP contribution in [0.1, 0.15) is 88.4 Å². The molecular formula is C21H33ClO3. The minimum absolute atomic E-state index is 0.443. The first-order chi connectivity index (χ1) is 12.2. The number of unbranched alkanes of at least 4 members (excludes halogenated alkanes) is 8. The predicted molar refractivity (Wildman–Crippen MR) is 105 cm³/mol. The fourth-order valence-electron chi connectivity index (χ4n) is 2.64. The smallest absolute Gasteiger partial charge is 0.252 e. The third-order valence-corrected chi connectivity index (χ3v) is 4.40. The SMILES string of the molecule is CCCCCCCOc1ccc(C(=O)Cl)cc1OCCCCCCC. The van der Waals surface area contributed by atoms with Gasteiger partial charge in [0.05, 0.1) is 13.2 Å². The molecule has 0 atom stereocenters. The number of carbonyl (C=O) groups is 1. The Labute approximate surface area is 158 Å². The van der Waals surface area contributed by atoms with Gasteiger partial charge in [0.1, 0.15) is 0 Å². The summed E-state index contributed by atoms with van der Waals surface area (Å²) >= 11 is 5.59. The molecule has 0 amide bonds. The predicted octanol–water partition coefficient (Wildman–Crippen LogP) is 6.76. The Morgan fingerprint density at radius 2 is 1.32 bits per heavy atom. The lowest BCUT2D eigenvalue weighted by Gasteiger charge is -2.13. The Bertz CT molecular complexity index is 488. The van der Waals surface area contributed by atoms with Crippen LogP contribution in [0.2, 0.25) is 0 Å². The number of carbonyl (C=O) groups excluding carboxylic acids is 1. The van der Waals surface area contributed by atoms with Crippen LogP contribution in [0.4, 0.5) is 0 Å². The van der Waals surface area contributed by atoms with E-state index in [9.17, 15) is 4.79 Å². The van der Waals surface area contributed by atoms with Gasteiger partial charge in [-0.3, -0.25) is 4.79 Å². The van der Waals surface area contributed by atoms with Gasteiger partial charge in [-0.15, -0.1) is 0 Å². The molecule has 0 fully saturated rings. The summed E-state index contributed by atoms with van der Waals surface area (Å²) in [4.78, 5) is 11.4. The van der Waals surface area contributed by atoms with Gasteiger partial charge in [0, 0.05) is 5.56 Å². The average Bonchev–Trinajstić information content (AvgIpc) is 2.61. The third-order valence-electron chi connectivity index (χ3n) is 4.18. The van der Waals surface area contributed by atoms with E-state index < -0.39 is 5.24 Å². The molecular weight excluding hydrogens is 336 g/mol. The summed E-state index contributed by atoms with van der Waals surface area (Å²) in [5.41, 5.74) is 0.443. The van der Waals surface area contributed by atoms with E-state index in [0.717, 1.165) is 19.3 Å². The fourth-order valence-corrected chi connectivity index (χ4v) is 2.76. The number of benzene rings is 1. The van der Waals surface area contributed by atoms with Gasteiger partial charge in [0.25, 0.3) is 5.24 Å². The van der Waals surface area contributed by atoms with Gasteiger partial charge >= 0.3 is 0 Å². The van der Waals surface area contributed by atoms with Crippen LogP contribution in [0.15, 0.2) is 18.2 Å². The van der Waals surface area contributed by atoms with Crippen LogP contribution in [0.25, 0.3) is 0 Å². The van der Waals surface area contributed by atoms with Crippen LogP contribution in [0.3, 0.4) is 0 Å². The molecule has 1 aromatic rings. The van der Waals surface area contributed by atoms with E-state index in [4.69, 9.17) is 21.1 Å². The number of halogens is 1. The van der Waals surface area contributed by atoms with E-state index in [1.54, 1.807) is 18.2 Å². The van der Waals surface area contributed by atoms with E-state index in [1.807, 2.05) is 0 Å². The van der Waals surface area contributed by atoms with Crippen molar-refractivity contribution in [2.75, 3.05) is 13.2 Å². The van der Waals surface area contributed by atoms with Gasteiger partial charge < -0.3 is 9.47 Å². The maximum atomic E-state index is 11.4. The molecule has 1 rings (SSSR count). The molecule has 0 radical (unpaired) electrons. The van der Waals surface area contributed by atoms with Gasteiger partial charge in [-0.1, -0.05) is 65.2 Å². The Morgan fingerprint density at radius 3 is 1.84 bits per heavy atom. The lowest BCUT2D eigenvalue weighted by atomic mass is 10.1. The highest BCUT2D eigenvalue weighted by molar-refractivity contribution is 6.67. The van der Waals surface area contributed by atoms with Crippen molar-refractivity contribution in [3.63, 3.8) is 0 Å². The summed E-state index contributed by atoms with van der Waals surface area (Å²) in [6.45, 7) is 5.72. The molecule has 0 saturated heterocycles. The molecule has 0 aromatic heterocycles. The molecule has 0 aliphatic heterocycles. The highest BCUT2D eigenvalue weighted by atomic mass is 35.5. The minimum atomic E-state index is -0.473. The summed E-state index contributed by atoms with van der Waals surface area (Å²) in [6, 6.07) is 5.16. The van der Waals surface area contributed by atoms with Gasteiger partial charge in [0.2, 0.25) is 0 Å². The quantitative estimate of drug-likeness (QED) is 0.253. The van der Waals surface area contributed by atoms with Gasteiger partial charge in [-0.05, 0) is 42.6 Å². The van der Waals surface area contributed by atoms with Crippen LogP contribution in [0.5, 0.6) is 11.5 Å². The zero-order valence-electron chi connectivity index (χ0n) is 15.8. The lowest BCUT2D eigenvalue weighted by Crippen LogP contribution is -2.04. The van der Waals surface area contributed by atoms with Crippen molar-refractivity contribution in [3.05, 3.63) is 23.8 Å². The molecule has 0 spiro atoms. The first-order valence-electron chi connectivity index (χ1n) is 9.78. The molecule has 0 heterocycles.